The first kappa shape index (κ1) is 21.3. The number of ether oxygens (including phenoxy) is 2. The van der Waals surface area contributed by atoms with E-state index < -0.39 is 0 Å². The van der Waals surface area contributed by atoms with Gasteiger partial charge in [-0.3, -0.25) is 14.7 Å². The molecule has 6 heteroatoms. The van der Waals surface area contributed by atoms with E-state index in [-0.39, 0.29) is 12.0 Å². The van der Waals surface area contributed by atoms with E-state index in [1.807, 2.05) is 47.5 Å². The quantitative estimate of drug-likeness (QED) is 0.685. The summed E-state index contributed by atoms with van der Waals surface area (Å²) in [5.41, 5.74) is 2.13. The van der Waals surface area contributed by atoms with Crippen LogP contribution in [0.1, 0.15) is 25.0 Å². The molecule has 29 heavy (non-hydrogen) atoms. The first-order valence-electron chi connectivity index (χ1n) is 10.2. The van der Waals surface area contributed by atoms with Gasteiger partial charge in [-0.05, 0) is 35.2 Å². The predicted molar refractivity (Wildman–Crippen MR) is 113 cm³/mol. The van der Waals surface area contributed by atoms with Gasteiger partial charge in [-0.25, -0.2) is 0 Å². The van der Waals surface area contributed by atoms with E-state index in [9.17, 15) is 4.79 Å². The lowest BCUT2D eigenvalue weighted by atomic mass is 10.2. The van der Waals surface area contributed by atoms with Crippen molar-refractivity contribution in [1.82, 2.24) is 14.8 Å². The molecule has 1 aromatic carbocycles. The molecule has 1 unspecified atom stereocenters. The number of pyridine rings is 1. The van der Waals surface area contributed by atoms with Crippen LogP contribution in [0.5, 0.6) is 5.75 Å². The fourth-order valence-corrected chi connectivity index (χ4v) is 3.61. The normalized spacial score (nSPS) is 18.1. The lowest BCUT2D eigenvalue weighted by Gasteiger charge is -2.25. The number of rotatable bonds is 8. The van der Waals surface area contributed by atoms with E-state index in [0.717, 1.165) is 30.0 Å². The molecule has 2 aromatic rings. The lowest BCUT2D eigenvalue weighted by Crippen LogP contribution is -2.37. The standard InChI is InChI=1S/C23H31N3O3/c1-18(2)12-25-14-22(29-17-20-5-4-10-24-11-20)15-26(23(27)16-25)13-19-6-8-21(28-3)9-7-19/h4-11,18,22H,12-17H2,1-3H3. The lowest BCUT2D eigenvalue weighted by molar-refractivity contribution is -0.132. The van der Waals surface area contributed by atoms with Gasteiger partial charge in [-0.2, -0.15) is 0 Å². The Balaban J connectivity index is 1.69. The molecule has 1 fully saturated rings. The zero-order chi connectivity index (χ0) is 20.6. The summed E-state index contributed by atoms with van der Waals surface area (Å²) >= 11 is 0. The molecule has 1 aliphatic heterocycles. The molecule has 2 heterocycles. The SMILES string of the molecule is COc1ccc(CN2CC(OCc3cccnc3)CN(CC(C)C)CC2=O)cc1. The zero-order valence-electron chi connectivity index (χ0n) is 17.6. The van der Waals surface area contributed by atoms with Crippen LogP contribution in [0.25, 0.3) is 0 Å². The Morgan fingerprint density at radius 2 is 1.93 bits per heavy atom. The average molecular weight is 398 g/mol. The van der Waals surface area contributed by atoms with Crippen molar-refractivity contribution in [3.63, 3.8) is 0 Å². The molecule has 1 amide bonds. The molecule has 0 radical (unpaired) electrons. The van der Waals surface area contributed by atoms with Crippen molar-refractivity contribution in [2.45, 2.75) is 33.1 Å². The predicted octanol–water partition coefficient (Wildman–Crippen LogP) is 2.98. The minimum Gasteiger partial charge on any atom is -0.497 e. The molecule has 0 aliphatic carbocycles. The molecule has 1 atom stereocenters. The molecule has 6 nitrogen and oxygen atoms in total. The average Bonchev–Trinajstić information content (AvgIpc) is 2.85. The maximum atomic E-state index is 12.9. The second kappa shape index (κ2) is 10.4. The molecule has 1 saturated heterocycles. The van der Waals surface area contributed by atoms with E-state index in [1.54, 1.807) is 13.3 Å². The van der Waals surface area contributed by atoms with Crippen LogP contribution in [-0.4, -0.2) is 60.1 Å². The number of methoxy groups -OCH3 is 1. The van der Waals surface area contributed by atoms with Gasteiger partial charge in [-0.15, -0.1) is 0 Å². The number of hydrogen-bond acceptors (Lipinski definition) is 5. The third-order valence-corrected chi connectivity index (χ3v) is 4.96. The van der Waals surface area contributed by atoms with Gasteiger partial charge in [0.2, 0.25) is 5.91 Å². The number of hydrogen-bond donors (Lipinski definition) is 0. The summed E-state index contributed by atoms with van der Waals surface area (Å²) in [4.78, 5) is 21.2. The van der Waals surface area contributed by atoms with Crippen molar-refractivity contribution < 1.29 is 14.3 Å². The molecule has 3 rings (SSSR count). The third kappa shape index (κ3) is 6.54. The van der Waals surface area contributed by atoms with Gasteiger partial charge in [0.05, 0.1) is 26.4 Å². The van der Waals surface area contributed by atoms with Gasteiger partial charge >= 0.3 is 0 Å². The van der Waals surface area contributed by atoms with Gasteiger partial charge in [0.1, 0.15) is 5.75 Å². The van der Waals surface area contributed by atoms with Crippen molar-refractivity contribution in [1.29, 1.82) is 0 Å². The highest BCUT2D eigenvalue weighted by atomic mass is 16.5. The number of nitrogens with zero attached hydrogens (tertiary/aromatic N) is 3. The smallest absolute Gasteiger partial charge is 0.237 e. The molecule has 0 spiro atoms. The van der Waals surface area contributed by atoms with E-state index in [1.165, 1.54) is 0 Å². The fourth-order valence-electron chi connectivity index (χ4n) is 3.61. The molecular weight excluding hydrogens is 366 g/mol. The van der Waals surface area contributed by atoms with Crippen molar-refractivity contribution >= 4 is 5.91 Å². The first-order valence-corrected chi connectivity index (χ1v) is 10.2. The van der Waals surface area contributed by atoms with Crippen molar-refractivity contribution in [3.8, 4) is 5.75 Å². The second-order valence-electron chi connectivity index (χ2n) is 8.00. The van der Waals surface area contributed by atoms with Gasteiger partial charge in [0, 0.05) is 38.6 Å². The molecule has 0 bridgehead atoms. The van der Waals surface area contributed by atoms with E-state index >= 15 is 0 Å². The first-order chi connectivity index (χ1) is 14.0. The minimum absolute atomic E-state index is 0.0429. The number of amides is 1. The van der Waals surface area contributed by atoms with Crippen LogP contribution in [0.15, 0.2) is 48.8 Å². The fraction of sp³-hybridized carbons (Fsp3) is 0.478. The monoisotopic (exact) mass is 397 g/mol. The summed E-state index contributed by atoms with van der Waals surface area (Å²) in [6, 6.07) is 11.8. The van der Waals surface area contributed by atoms with E-state index in [4.69, 9.17) is 9.47 Å². The van der Waals surface area contributed by atoms with E-state index in [0.29, 0.717) is 32.2 Å². The maximum Gasteiger partial charge on any atom is 0.237 e. The van der Waals surface area contributed by atoms with Crippen LogP contribution >= 0.6 is 0 Å². The topological polar surface area (TPSA) is 54.9 Å². The zero-order valence-corrected chi connectivity index (χ0v) is 17.6. The number of carbonyl (C=O) groups excluding carboxylic acids is 1. The highest BCUT2D eigenvalue weighted by Crippen LogP contribution is 2.17. The summed E-state index contributed by atoms with van der Waals surface area (Å²) in [6.45, 7) is 8.08. The Kier molecular flexibility index (Phi) is 7.61. The van der Waals surface area contributed by atoms with Gasteiger partial charge in [0.15, 0.2) is 0 Å². The van der Waals surface area contributed by atoms with Crippen molar-refractivity contribution in [2.24, 2.45) is 5.92 Å². The molecule has 1 aliphatic rings. The Bertz CT molecular complexity index is 765. The van der Waals surface area contributed by atoms with Crippen LogP contribution in [-0.2, 0) is 22.7 Å². The Morgan fingerprint density at radius 1 is 1.14 bits per heavy atom. The Labute approximate surface area is 173 Å². The van der Waals surface area contributed by atoms with Crippen LogP contribution in [0, 0.1) is 5.92 Å². The highest BCUT2D eigenvalue weighted by molar-refractivity contribution is 5.78. The molecule has 0 N–H and O–H groups in total. The number of benzene rings is 1. The largest absolute Gasteiger partial charge is 0.497 e. The molecule has 156 valence electrons. The minimum atomic E-state index is -0.0429. The third-order valence-electron chi connectivity index (χ3n) is 4.96. The molecular formula is C23H31N3O3. The second-order valence-corrected chi connectivity index (χ2v) is 8.00. The summed E-state index contributed by atoms with van der Waals surface area (Å²) in [5.74, 6) is 1.46. The molecule has 0 saturated carbocycles. The van der Waals surface area contributed by atoms with Gasteiger partial charge in [-0.1, -0.05) is 32.0 Å². The van der Waals surface area contributed by atoms with Crippen LogP contribution in [0.4, 0.5) is 0 Å². The maximum absolute atomic E-state index is 12.9. The summed E-state index contributed by atoms with van der Waals surface area (Å²) in [5, 5.41) is 0. The van der Waals surface area contributed by atoms with Crippen molar-refractivity contribution in [2.75, 3.05) is 33.3 Å². The van der Waals surface area contributed by atoms with Crippen LogP contribution in [0.3, 0.4) is 0 Å². The number of carbonyl (C=O) groups is 1. The number of aromatic nitrogens is 1. The van der Waals surface area contributed by atoms with Crippen LogP contribution in [0.2, 0.25) is 0 Å². The van der Waals surface area contributed by atoms with Gasteiger partial charge < -0.3 is 14.4 Å². The van der Waals surface area contributed by atoms with Gasteiger partial charge in [0.25, 0.3) is 0 Å². The summed E-state index contributed by atoms with van der Waals surface area (Å²) in [6.07, 6.45) is 3.54. The molecule has 1 aromatic heterocycles. The van der Waals surface area contributed by atoms with Crippen molar-refractivity contribution in [3.05, 3.63) is 59.9 Å². The highest BCUT2D eigenvalue weighted by Gasteiger charge is 2.28. The van der Waals surface area contributed by atoms with E-state index in [2.05, 4.69) is 23.7 Å². The Morgan fingerprint density at radius 3 is 2.59 bits per heavy atom. The summed E-state index contributed by atoms with van der Waals surface area (Å²) in [7, 11) is 1.65. The van der Waals surface area contributed by atoms with Crippen LogP contribution < -0.4 is 4.74 Å². The summed E-state index contributed by atoms with van der Waals surface area (Å²) < 4.78 is 11.4. The Hall–Kier alpha value is -2.44.